The van der Waals surface area contributed by atoms with E-state index in [0.717, 1.165) is 19.3 Å². The van der Waals surface area contributed by atoms with E-state index in [2.05, 4.69) is 76.7 Å². The van der Waals surface area contributed by atoms with Crippen LogP contribution in [-0.4, -0.2) is 0 Å². The minimum atomic E-state index is 0.930. The van der Waals surface area contributed by atoms with E-state index in [9.17, 15) is 0 Å². The summed E-state index contributed by atoms with van der Waals surface area (Å²) in [6.07, 6.45) is 7.30. The van der Waals surface area contributed by atoms with Crippen LogP contribution in [0.15, 0.2) is 55.1 Å². The van der Waals surface area contributed by atoms with Crippen LogP contribution in [0.2, 0.25) is 0 Å². The number of benzene rings is 2. The largest absolute Gasteiger partial charge is 0.103 e. The summed E-state index contributed by atoms with van der Waals surface area (Å²) in [6.45, 7) is 12.5. The van der Waals surface area contributed by atoms with Crippen molar-refractivity contribution in [3.05, 3.63) is 88.5 Å². The second-order valence-corrected chi connectivity index (χ2v) is 6.39. The van der Waals surface area contributed by atoms with Crippen molar-refractivity contribution in [3.8, 4) is 0 Å². The molecule has 0 atom stereocenters. The van der Waals surface area contributed by atoms with Gasteiger partial charge in [-0.25, -0.2) is 0 Å². The zero-order valence-corrected chi connectivity index (χ0v) is 14.9. The van der Waals surface area contributed by atoms with Crippen LogP contribution in [-0.2, 0) is 12.8 Å². The van der Waals surface area contributed by atoms with E-state index in [0.29, 0.717) is 0 Å². The molecule has 0 unspecified atom stereocenters. The second-order valence-electron chi connectivity index (χ2n) is 6.39. The quantitative estimate of drug-likeness (QED) is 0.543. The summed E-state index contributed by atoms with van der Waals surface area (Å²) in [6, 6.07) is 13.6. The van der Waals surface area contributed by atoms with Gasteiger partial charge in [-0.1, -0.05) is 54.1 Å². The number of hydrogen-bond acceptors (Lipinski definition) is 0. The van der Waals surface area contributed by atoms with E-state index < -0.39 is 0 Å². The summed E-state index contributed by atoms with van der Waals surface area (Å²) in [4.78, 5) is 0. The second kappa shape index (κ2) is 7.97. The lowest BCUT2D eigenvalue weighted by Crippen LogP contribution is -1.97. The van der Waals surface area contributed by atoms with Crippen LogP contribution in [0.25, 0.3) is 5.57 Å². The first kappa shape index (κ1) is 17.3. The summed E-state index contributed by atoms with van der Waals surface area (Å²) in [5.74, 6) is 0. The first-order chi connectivity index (χ1) is 11.0. The van der Waals surface area contributed by atoms with Crippen LogP contribution < -0.4 is 0 Å². The molecule has 0 aromatic heterocycles. The predicted molar refractivity (Wildman–Crippen MR) is 103 cm³/mol. The molecule has 2 rings (SSSR count). The summed E-state index contributed by atoms with van der Waals surface area (Å²) in [5, 5.41) is 0. The monoisotopic (exact) mass is 304 g/mol. The molecule has 0 amide bonds. The molecule has 0 saturated heterocycles. The van der Waals surface area contributed by atoms with Gasteiger partial charge in [0.1, 0.15) is 0 Å². The molecule has 0 aliphatic rings. The average Bonchev–Trinajstić information content (AvgIpc) is 2.52. The highest BCUT2D eigenvalue weighted by Crippen LogP contribution is 2.24. The molecule has 0 radical (unpaired) electrons. The average molecular weight is 304 g/mol. The summed E-state index contributed by atoms with van der Waals surface area (Å²) in [5.41, 5.74) is 9.69. The number of allylic oxidation sites excluding steroid dienone is 3. The van der Waals surface area contributed by atoms with Gasteiger partial charge in [-0.15, -0.1) is 6.58 Å². The Kier molecular flexibility index (Phi) is 5.98. The number of aryl methyl sites for hydroxylation is 5. The van der Waals surface area contributed by atoms with Crippen molar-refractivity contribution < 1.29 is 0 Å². The maximum atomic E-state index is 3.86. The third kappa shape index (κ3) is 4.45. The zero-order chi connectivity index (χ0) is 16.8. The van der Waals surface area contributed by atoms with Crippen molar-refractivity contribution in [2.24, 2.45) is 0 Å². The third-order valence-electron chi connectivity index (χ3n) is 4.53. The van der Waals surface area contributed by atoms with Gasteiger partial charge >= 0.3 is 0 Å². The van der Waals surface area contributed by atoms with Gasteiger partial charge in [-0.3, -0.25) is 0 Å². The molecule has 0 aliphatic heterocycles. The SMILES string of the molecule is C=CC/C(=C/C)c1ccc(CCc2ccc(C)cc2C)cc1C. The molecule has 2 aromatic carbocycles. The minimum Gasteiger partial charge on any atom is -0.103 e. The molecule has 23 heavy (non-hydrogen) atoms. The first-order valence-corrected chi connectivity index (χ1v) is 8.47. The van der Waals surface area contributed by atoms with Gasteiger partial charge < -0.3 is 0 Å². The van der Waals surface area contributed by atoms with Gasteiger partial charge in [0.25, 0.3) is 0 Å². The molecule has 0 heterocycles. The van der Waals surface area contributed by atoms with Gasteiger partial charge in [0.15, 0.2) is 0 Å². The van der Waals surface area contributed by atoms with Crippen molar-refractivity contribution in [1.29, 1.82) is 0 Å². The Balaban J connectivity index is 2.13. The van der Waals surface area contributed by atoms with E-state index in [1.807, 2.05) is 6.08 Å². The van der Waals surface area contributed by atoms with Crippen LogP contribution >= 0.6 is 0 Å². The van der Waals surface area contributed by atoms with E-state index >= 15 is 0 Å². The zero-order valence-electron chi connectivity index (χ0n) is 14.9. The molecule has 0 aliphatic carbocycles. The summed E-state index contributed by atoms with van der Waals surface area (Å²) >= 11 is 0. The van der Waals surface area contributed by atoms with Crippen molar-refractivity contribution in [1.82, 2.24) is 0 Å². The maximum absolute atomic E-state index is 3.86. The van der Waals surface area contributed by atoms with Crippen LogP contribution in [0.4, 0.5) is 0 Å². The van der Waals surface area contributed by atoms with Crippen molar-refractivity contribution in [2.75, 3.05) is 0 Å². The summed E-state index contributed by atoms with van der Waals surface area (Å²) < 4.78 is 0. The summed E-state index contributed by atoms with van der Waals surface area (Å²) in [7, 11) is 0. The number of rotatable bonds is 6. The Morgan fingerprint density at radius 3 is 2.35 bits per heavy atom. The molecule has 120 valence electrons. The Bertz CT molecular complexity index is 717. The molecule has 0 N–H and O–H groups in total. The first-order valence-electron chi connectivity index (χ1n) is 8.47. The van der Waals surface area contributed by atoms with Gasteiger partial charge in [0, 0.05) is 0 Å². The normalized spacial score (nSPS) is 11.6. The molecule has 2 aromatic rings. The topological polar surface area (TPSA) is 0 Å². The molecule has 0 nitrogen and oxygen atoms in total. The van der Waals surface area contributed by atoms with Crippen molar-refractivity contribution in [3.63, 3.8) is 0 Å². The molecule has 0 heteroatoms. The minimum absolute atomic E-state index is 0.930. The van der Waals surface area contributed by atoms with Crippen molar-refractivity contribution in [2.45, 2.75) is 47.0 Å². The maximum Gasteiger partial charge on any atom is -0.00974 e. The van der Waals surface area contributed by atoms with Crippen LogP contribution in [0.1, 0.15) is 46.7 Å². The highest BCUT2D eigenvalue weighted by atomic mass is 14.1. The van der Waals surface area contributed by atoms with E-state index in [1.165, 1.54) is 39.0 Å². The van der Waals surface area contributed by atoms with Gasteiger partial charge in [-0.05, 0) is 80.3 Å². The fourth-order valence-electron chi connectivity index (χ4n) is 3.19. The predicted octanol–water partition coefficient (Wildman–Crippen LogP) is 6.38. The fourth-order valence-corrected chi connectivity index (χ4v) is 3.19. The lowest BCUT2D eigenvalue weighted by molar-refractivity contribution is 0.945. The van der Waals surface area contributed by atoms with Gasteiger partial charge in [0.05, 0.1) is 0 Å². The Morgan fingerprint density at radius 1 is 0.957 bits per heavy atom. The molecular formula is C23H28. The van der Waals surface area contributed by atoms with Crippen molar-refractivity contribution >= 4 is 5.57 Å². The van der Waals surface area contributed by atoms with Gasteiger partial charge in [0.2, 0.25) is 0 Å². The lowest BCUT2D eigenvalue weighted by Gasteiger charge is -2.12. The molecule has 0 fully saturated rings. The van der Waals surface area contributed by atoms with E-state index in [4.69, 9.17) is 0 Å². The number of hydrogen-bond donors (Lipinski definition) is 0. The standard InChI is InChI=1S/C23H28/c1-6-8-21(7-2)23-14-11-20(16-19(23)5)10-13-22-12-9-17(3)15-18(22)4/h6-7,9,11-12,14-16H,1,8,10,13H2,2-5H3/b21-7-. The Labute approximate surface area is 141 Å². The molecule has 0 spiro atoms. The Morgan fingerprint density at radius 2 is 1.74 bits per heavy atom. The molecule has 0 bridgehead atoms. The van der Waals surface area contributed by atoms with Crippen LogP contribution in [0.3, 0.4) is 0 Å². The third-order valence-corrected chi connectivity index (χ3v) is 4.53. The van der Waals surface area contributed by atoms with E-state index in [-0.39, 0.29) is 0 Å². The highest BCUT2D eigenvalue weighted by Gasteiger charge is 2.05. The highest BCUT2D eigenvalue weighted by molar-refractivity contribution is 5.69. The molecule has 0 saturated carbocycles. The van der Waals surface area contributed by atoms with E-state index in [1.54, 1.807) is 0 Å². The van der Waals surface area contributed by atoms with Crippen LogP contribution in [0.5, 0.6) is 0 Å². The molecular weight excluding hydrogens is 276 g/mol. The Hall–Kier alpha value is -2.08. The lowest BCUT2D eigenvalue weighted by atomic mass is 9.93. The van der Waals surface area contributed by atoms with Gasteiger partial charge in [-0.2, -0.15) is 0 Å². The fraction of sp³-hybridized carbons (Fsp3) is 0.304. The van der Waals surface area contributed by atoms with Crippen LogP contribution in [0, 0.1) is 20.8 Å². The smallest absolute Gasteiger partial charge is 0.00974 e.